The van der Waals surface area contributed by atoms with Crippen LogP contribution in [0, 0.1) is 5.82 Å². The Morgan fingerprint density at radius 2 is 1.78 bits per heavy atom. The third-order valence-electron chi connectivity index (χ3n) is 5.19. The summed E-state index contributed by atoms with van der Waals surface area (Å²) in [4.78, 5) is 24.6. The highest BCUT2D eigenvalue weighted by molar-refractivity contribution is 5.68. The highest BCUT2D eigenvalue weighted by atomic mass is 19.1. The number of carbonyl (C=O) groups excluding carboxylic acids is 1. The lowest BCUT2D eigenvalue weighted by atomic mass is 9.91. The zero-order chi connectivity index (χ0) is 23.5. The maximum Gasteiger partial charge on any atom is 0.407 e. The number of aliphatic hydroxyl groups is 1. The molecule has 1 saturated carbocycles. The number of hydrogen-bond donors (Lipinski definition) is 3. The molecule has 1 aliphatic rings. The number of alkyl carbamates (subject to hydrolysis) is 1. The lowest BCUT2D eigenvalue weighted by molar-refractivity contribution is 0.0492. The molecule has 1 fully saturated rings. The Kier molecular flexibility index (Phi) is 6.97. The van der Waals surface area contributed by atoms with E-state index in [4.69, 9.17) is 4.74 Å². The minimum absolute atomic E-state index is 0.0599. The third kappa shape index (κ3) is 6.59. The first kappa shape index (κ1) is 23.8. The van der Waals surface area contributed by atoms with Gasteiger partial charge in [-0.15, -0.1) is 0 Å². The van der Waals surface area contributed by atoms with Crippen LogP contribution in [-0.4, -0.2) is 43.8 Å². The topological polar surface area (TPSA) is 109 Å². The molecule has 32 heavy (non-hydrogen) atoms. The van der Waals surface area contributed by atoms with Crippen LogP contribution in [0.4, 0.5) is 15.1 Å². The minimum atomic E-state index is -1.15. The Balaban J connectivity index is 1.62. The molecule has 2 aromatic rings. The van der Waals surface area contributed by atoms with Crippen LogP contribution in [0.25, 0.3) is 11.3 Å². The van der Waals surface area contributed by atoms with E-state index in [-0.39, 0.29) is 17.8 Å². The van der Waals surface area contributed by atoms with E-state index >= 15 is 0 Å². The molecule has 174 valence electrons. The van der Waals surface area contributed by atoms with Crippen molar-refractivity contribution in [2.45, 2.75) is 83.6 Å². The second-order valence-corrected chi connectivity index (χ2v) is 9.72. The molecule has 0 spiro atoms. The number of hydrogen-bond acceptors (Lipinski definition) is 7. The van der Waals surface area contributed by atoms with Crippen molar-refractivity contribution in [3.63, 3.8) is 0 Å². The highest BCUT2D eigenvalue weighted by Crippen LogP contribution is 2.27. The maximum absolute atomic E-state index is 14.5. The van der Waals surface area contributed by atoms with Gasteiger partial charge in [0.25, 0.3) is 0 Å². The fraction of sp³-hybridized carbons (Fsp3) is 0.565. The molecule has 1 amide bonds. The number of carbonyl (C=O) groups is 1. The number of nitrogens with zero attached hydrogens (tertiary/aromatic N) is 3. The van der Waals surface area contributed by atoms with E-state index < -0.39 is 23.1 Å². The number of pyridine rings is 1. The standard InChI is InChI=1S/C23H32FN5O3/c1-22(2,3)32-21(30)28-16-8-6-15(7-9-16)27-20-26-13-17(24)19(29-20)14-10-11-25-18(12-14)23(4,5)31/h10-13,15-16,31H,6-9H2,1-5H3,(H,28,30)(H,26,27,29)/t15-,16-. The maximum atomic E-state index is 14.5. The van der Waals surface area contributed by atoms with Crippen molar-refractivity contribution in [1.82, 2.24) is 20.3 Å². The van der Waals surface area contributed by atoms with Gasteiger partial charge in [-0.2, -0.15) is 0 Å². The first-order chi connectivity index (χ1) is 14.9. The van der Waals surface area contributed by atoms with E-state index in [1.54, 1.807) is 26.0 Å². The van der Waals surface area contributed by atoms with Gasteiger partial charge in [-0.25, -0.2) is 19.2 Å². The number of amides is 1. The van der Waals surface area contributed by atoms with Crippen LogP contribution in [0.3, 0.4) is 0 Å². The molecule has 0 atom stereocenters. The number of rotatable bonds is 5. The summed E-state index contributed by atoms with van der Waals surface area (Å²) < 4.78 is 19.8. The second-order valence-electron chi connectivity index (χ2n) is 9.72. The molecule has 3 N–H and O–H groups in total. The van der Waals surface area contributed by atoms with Gasteiger partial charge in [-0.05, 0) is 72.4 Å². The molecular formula is C23H32FN5O3. The summed E-state index contributed by atoms with van der Waals surface area (Å²) in [6.07, 6.45) is 5.49. The van der Waals surface area contributed by atoms with E-state index in [0.717, 1.165) is 31.9 Å². The number of halogens is 1. The van der Waals surface area contributed by atoms with Crippen molar-refractivity contribution in [2.75, 3.05) is 5.32 Å². The zero-order valence-corrected chi connectivity index (χ0v) is 19.3. The lowest BCUT2D eigenvalue weighted by Crippen LogP contribution is -2.42. The van der Waals surface area contributed by atoms with Crippen LogP contribution >= 0.6 is 0 Å². The fourth-order valence-electron chi connectivity index (χ4n) is 3.59. The van der Waals surface area contributed by atoms with E-state index in [2.05, 4.69) is 25.6 Å². The number of ether oxygens (including phenoxy) is 1. The smallest absolute Gasteiger partial charge is 0.407 e. The molecule has 0 radical (unpaired) electrons. The average Bonchev–Trinajstić information content (AvgIpc) is 2.69. The van der Waals surface area contributed by atoms with Crippen molar-refractivity contribution in [3.05, 3.63) is 36.0 Å². The van der Waals surface area contributed by atoms with Crippen molar-refractivity contribution in [1.29, 1.82) is 0 Å². The Bertz CT molecular complexity index is 947. The Morgan fingerprint density at radius 3 is 2.41 bits per heavy atom. The quantitative estimate of drug-likeness (QED) is 0.634. The number of nitrogens with one attached hydrogen (secondary N) is 2. The molecule has 8 nitrogen and oxygen atoms in total. The fourth-order valence-corrected chi connectivity index (χ4v) is 3.59. The Labute approximate surface area is 188 Å². The second kappa shape index (κ2) is 9.36. The highest BCUT2D eigenvalue weighted by Gasteiger charge is 2.25. The largest absolute Gasteiger partial charge is 0.444 e. The summed E-state index contributed by atoms with van der Waals surface area (Å²) in [6, 6.07) is 3.46. The molecular weight excluding hydrogens is 413 g/mol. The molecule has 0 unspecified atom stereocenters. The summed E-state index contributed by atoms with van der Waals surface area (Å²) >= 11 is 0. The van der Waals surface area contributed by atoms with Crippen LogP contribution < -0.4 is 10.6 Å². The van der Waals surface area contributed by atoms with Crippen molar-refractivity contribution in [3.8, 4) is 11.3 Å². The van der Waals surface area contributed by atoms with Crippen LogP contribution in [0.5, 0.6) is 0 Å². The zero-order valence-electron chi connectivity index (χ0n) is 19.3. The molecule has 2 aromatic heterocycles. The average molecular weight is 446 g/mol. The van der Waals surface area contributed by atoms with Crippen molar-refractivity contribution < 1.29 is 19.0 Å². The van der Waals surface area contributed by atoms with Crippen LogP contribution in [0.2, 0.25) is 0 Å². The van der Waals surface area contributed by atoms with Crippen molar-refractivity contribution >= 4 is 12.0 Å². The number of aromatic nitrogens is 3. The molecule has 0 saturated heterocycles. The molecule has 3 rings (SSSR count). The SMILES string of the molecule is CC(C)(C)OC(=O)N[C@H]1CC[C@H](Nc2ncc(F)c(-c3ccnc(C(C)(C)O)c3)n2)CC1. The van der Waals surface area contributed by atoms with Gasteiger partial charge in [0, 0.05) is 23.8 Å². The molecule has 2 heterocycles. The van der Waals surface area contributed by atoms with E-state index in [0.29, 0.717) is 17.2 Å². The van der Waals surface area contributed by atoms with Crippen LogP contribution in [-0.2, 0) is 10.3 Å². The van der Waals surface area contributed by atoms with E-state index in [1.165, 1.54) is 6.20 Å². The first-order valence-electron chi connectivity index (χ1n) is 10.9. The minimum Gasteiger partial charge on any atom is -0.444 e. The van der Waals surface area contributed by atoms with Gasteiger partial charge in [-0.1, -0.05) is 0 Å². The Hall–Kier alpha value is -2.81. The summed E-state index contributed by atoms with van der Waals surface area (Å²) in [5.41, 5.74) is -0.574. The van der Waals surface area contributed by atoms with Gasteiger partial charge in [0.1, 0.15) is 16.9 Å². The molecule has 0 aromatic carbocycles. The predicted octanol–water partition coefficient (Wildman–Crippen LogP) is 4.15. The van der Waals surface area contributed by atoms with Crippen LogP contribution in [0.15, 0.2) is 24.5 Å². The van der Waals surface area contributed by atoms with Gasteiger partial charge in [0.2, 0.25) is 5.95 Å². The molecule has 0 aliphatic heterocycles. The van der Waals surface area contributed by atoms with Gasteiger partial charge in [0.15, 0.2) is 5.82 Å². The predicted molar refractivity (Wildman–Crippen MR) is 120 cm³/mol. The Morgan fingerprint density at radius 1 is 1.12 bits per heavy atom. The monoisotopic (exact) mass is 445 g/mol. The molecule has 0 bridgehead atoms. The summed E-state index contributed by atoms with van der Waals surface area (Å²) in [5.74, 6) is -0.208. The van der Waals surface area contributed by atoms with Gasteiger partial charge >= 0.3 is 6.09 Å². The molecule has 9 heteroatoms. The van der Waals surface area contributed by atoms with Crippen molar-refractivity contribution in [2.24, 2.45) is 0 Å². The van der Waals surface area contributed by atoms with Gasteiger partial charge in [-0.3, -0.25) is 4.98 Å². The van der Waals surface area contributed by atoms with E-state index in [1.807, 2.05) is 20.8 Å². The molecule has 1 aliphatic carbocycles. The third-order valence-corrected chi connectivity index (χ3v) is 5.19. The van der Waals surface area contributed by atoms with Crippen LogP contribution in [0.1, 0.15) is 66.0 Å². The normalized spacial score (nSPS) is 19.3. The summed E-state index contributed by atoms with van der Waals surface area (Å²) in [6.45, 7) is 8.75. The van der Waals surface area contributed by atoms with Gasteiger partial charge < -0.3 is 20.5 Å². The number of anilines is 1. The van der Waals surface area contributed by atoms with E-state index in [9.17, 15) is 14.3 Å². The van der Waals surface area contributed by atoms with Gasteiger partial charge in [0.05, 0.1) is 11.9 Å². The summed E-state index contributed by atoms with van der Waals surface area (Å²) in [7, 11) is 0. The summed E-state index contributed by atoms with van der Waals surface area (Å²) in [5, 5.41) is 16.4. The lowest BCUT2D eigenvalue weighted by Gasteiger charge is -2.30. The first-order valence-corrected chi connectivity index (χ1v) is 10.9.